The number of hydrogen-bond donors (Lipinski definition) is 7. The molecule has 1 aromatic carbocycles. The molecule has 0 radical (unpaired) electrons. The second-order valence-electron chi connectivity index (χ2n) is 17.3. The Morgan fingerprint density at radius 2 is 1.26 bits per heavy atom. The Morgan fingerprint density at radius 1 is 0.710 bits per heavy atom. The van der Waals surface area contributed by atoms with Crippen molar-refractivity contribution in [3.8, 4) is 0 Å². The first-order valence-electron chi connectivity index (χ1n) is 20.9. The molecule has 1 fully saturated rings. The van der Waals surface area contributed by atoms with Gasteiger partial charge in [0, 0.05) is 11.8 Å². The summed E-state index contributed by atoms with van der Waals surface area (Å²) >= 11 is 0. The Bertz CT molecular complexity index is 1710. The van der Waals surface area contributed by atoms with E-state index in [1.807, 2.05) is 45.9 Å². The molecule has 0 saturated heterocycles. The number of amides is 6. The molecule has 6 amide bonds. The van der Waals surface area contributed by atoms with Gasteiger partial charge >= 0.3 is 18.0 Å². The summed E-state index contributed by atoms with van der Waals surface area (Å²) in [5, 5.41) is 24.9. The molecule has 0 aromatic heterocycles. The first kappa shape index (κ1) is 52.5. The lowest BCUT2D eigenvalue weighted by molar-refractivity contribution is -0.142. The Balaban J connectivity index is 2.34. The zero-order valence-corrected chi connectivity index (χ0v) is 37.3. The molecule has 2 rings (SSSR count). The van der Waals surface area contributed by atoms with Crippen molar-refractivity contribution in [2.45, 2.75) is 136 Å². The summed E-state index contributed by atoms with van der Waals surface area (Å²) in [6.45, 7) is 12.9. The van der Waals surface area contributed by atoms with Crippen molar-refractivity contribution in [3.05, 3.63) is 35.9 Å². The van der Waals surface area contributed by atoms with Gasteiger partial charge in [0.05, 0.1) is 26.7 Å². The molecule has 0 bridgehead atoms. The van der Waals surface area contributed by atoms with Crippen molar-refractivity contribution < 1.29 is 62.5 Å². The first-order valence-corrected chi connectivity index (χ1v) is 20.9. The Morgan fingerprint density at radius 3 is 1.79 bits per heavy atom. The van der Waals surface area contributed by atoms with Gasteiger partial charge in [0.1, 0.15) is 42.4 Å². The van der Waals surface area contributed by atoms with Gasteiger partial charge in [-0.25, -0.2) is 4.79 Å². The number of carboxylic acid groups (broad SMARTS) is 1. The molecule has 62 heavy (non-hydrogen) atoms. The van der Waals surface area contributed by atoms with Crippen molar-refractivity contribution in [2.24, 2.45) is 23.7 Å². The molecular weight excluding hydrogens is 809 g/mol. The molecule has 19 heteroatoms. The minimum Gasteiger partial charge on any atom is -0.481 e. The van der Waals surface area contributed by atoms with Gasteiger partial charge in [-0.2, -0.15) is 0 Å². The fraction of sp³-hybridized carbons (Fsp3) is 0.651. The Hall–Kier alpha value is -5.59. The number of aliphatic carboxylic acids is 1. The molecule has 1 aromatic rings. The van der Waals surface area contributed by atoms with Crippen LogP contribution >= 0.6 is 0 Å². The van der Waals surface area contributed by atoms with Crippen molar-refractivity contribution in [2.75, 3.05) is 20.3 Å². The molecule has 1 aliphatic rings. The molecule has 0 heterocycles. The third kappa shape index (κ3) is 19.0. The van der Waals surface area contributed by atoms with E-state index in [1.54, 1.807) is 32.9 Å². The van der Waals surface area contributed by atoms with E-state index in [9.17, 15) is 48.3 Å². The third-order valence-corrected chi connectivity index (χ3v) is 9.73. The molecule has 0 aliphatic heterocycles. The van der Waals surface area contributed by atoms with Crippen molar-refractivity contribution in [1.29, 1.82) is 0 Å². The molecule has 346 valence electrons. The van der Waals surface area contributed by atoms with E-state index in [4.69, 9.17) is 9.47 Å². The minimum atomic E-state index is -1.49. The third-order valence-electron chi connectivity index (χ3n) is 9.73. The summed E-state index contributed by atoms with van der Waals surface area (Å²) in [5.41, 5.74) is -0.149. The highest BCUT2D eigenvalue weighted by atomic mass is 16.6. The zero-order chi connectivity index (χ0) is 46.7. The van der Waals surface area contributed by atoms with Gasteiger partial charge in [0.25, 0.3) is 0 Å². The lowest BCUT2D eigenvalue weighted by atomic mass is 9.86. The van der Waals surface area contributed by atoms with Gasteiger partial charge < -0.3 is 51.2 Å². The maximum Gasteiger partial charge on any atom is 0.408 e. The van der Waals surface area contributed by atoms with Crippen molar-refractivity contribution in [3.63, 3.8) is 0 Å². The number of hydrogen-bond acceptors (Lipinski definition) is 12. The van der Waals surface area contributed by atoms with E-state index >= 15 is 0 Å². The highest BCUT2D eigenvalue weighted by Crippen LogP contribution is 2.34. The highest BCUT2D eigenvalue weighted by Gasteiger charge is 2.43. The number of carboxylic acids is 1. The van der Waals surface area contributed by atoms with Gasteiger partial charge in [0.15, 0.2) is 5.78 Å². The van der Waals surface area contributed by atoms with Gasteiger partial charge in [-0.05, 0) is 70.8 Å². The Kier molecular flexibility index (Phi) is 21.5. The van der Waals surface area contributed by atoms with Crippen LogP contribution in [-0.2, 0) is 59.2 Å². The highest BCUT2D eigenvalue weighted by molar-refractivity contribution is 5.98. The van der Waals surface area contributed by atoms with Crippen LogP contribution in [0.3, 0.4) is 0 Å². The number of benzene rings is 1. The number of nitrogens with one attached hydrogen (secondary N) is 6. The summed E-state index contributed by atoms with van der Waals surface area (Å²) in [6.07, 6.45) is -0.550. The number of ketones is 1. The molecule has 1 aliphatic carbocycles. The van der Waals surface area contributed by atoms with Crippen LogP contribution in [0.25, 0.3) is 0 Å². The first-order chi connectivity index (χ1) is 29.0. The molecular formula is C43H66N6O13. The minimum absolute atomic E-state index is 0.0687. The van der Waals surface area contributed by atoms with Crippen LogP contribution in [0.1, 0.15) is 99.5 Å². The van der Waals surface area contributed by atoms with Crippen LogP contribution in [0.4, 0.5) is 4.79 Å². The number of esters is 1. The predicted octanol–water partition coefficient (Wildman–Crippen LogP) is 1.90. The van der Waals surface area contributed by atoms with Crippen molar-refractivity contribution >= 4 is 53.4 Å². The maximum absolute atomic E-state index is 14.1. The van der Waals surface area contributed by atoms with E-state index in [0.717, 1.165) is 12.7 Å². The molecule has 0 spiro atoms. The molecule has 19 nitrogen and oxygen atoms in total. The lowest BCUT2D eigenvalue weighted by Gasteiger charge is -2.28. The maximum atomic E-state index is 14.1. The topological polar surface area (TPSA) is 274 Å². The van der Waals surface area contributed by atoms with Gasteiger partial charge in [0.2, 0.25) is 29.5 Å². The standard InChI is InChI=1S/C43H66N6O13/c1-24(2)18-31(39(56)45-26(5)37(54)44-21-35(52)60-9)46-40(57)32(19-25(3)4)47-41(58)33(23-61-22-27-14-11-10-12-15-27)48-38(55)29-17-13-16-28(29)36(53)30(20-34(50)51)49-42(59)62-43(6,7)8/h10-12,14-15,24-26,28-33H,13,16-23H2,1-9H3,(H,44,54)(H,45,56)(H,46,57)(H,47,58)(H,48,55)(H,49,59)(H,50,51)/t26-,28?,29+,30-,31-,32-,33-/m0/s1. The number of methoxy groups -OCH3 is 1. The van der Waals surface area contributed by atoms with Crippen molar-refractivity contribution in [1.82, 2.24) is 31.9 Å². The van der Waals surface area contributed by atoms with E-state index < -0.39 is 114 Å². The largest absolute Gasteiger partial charge is 0.481 e. The summed E-state index contributed by atoms with van der Waals surface area (Å²) in [4.78, 5) is 118. The number of rotatable bonds is 24. The second kappa shape index (κ2) is 25.4. The lowest BCUT2D eigenvalue weighted by Crippen LogP contribution is -2.59. The molecule has 1 saturated carbocycles. The average Bonchev–Trinajstić information content (AvgIpc) is 3.67. The molecule has 7 atom stereocenters. The monoisotopic (exact) mass is 874 g/mol. The van der Waals surface area contributed by atoms with Crippen LogP contribution in [0.15, 0.2) is 30.3 Å². The average molecular weight is 875 g/mol. The van der Waals surface area contributed by atoms with Gasteiger partial charge in [-0.1, -0.05) is 64.4 Å². The van der Waals surface area contributed by atoms with Crippen LogP contribution < -0.4 is 31.9 Å². The number of Topliss-reactive ketones (excluding diaryl/α,β-unsaturated/α-hetero) is 1. The number of carbonyl (C=O) groups excluding carboxylic acids is 8. The predicted molar refractivity (Wildman–Crippen MR) is 225 cm³/mol. The number of ether oxygens (including phenoxy) is 3. The van der Waals surface area contributed by atoms with E-state index in [2.05, 4.69) is 36.6 Å². The van der Waals surface area contributed by atoms with Crippen LogP contribution in [0.5, 0.6) is 0 Å². The Labute approximate surface area is 363 Å². The summed E-state index contributed by atoms with van der Waals surface area (Å²) in [7, 11) is 1.16. The van der Waals surface area contributed by atoms with Crippen LogP contribution in [0, 0.1) is 23.7 Å². The quantitative estimate of drug-likeness (QED) is 0.0733. The normalized spacial score (nSPS) is 17.3. The van der Waals surface area contributed by atoms with E-state index in [1.165, 1.54) is 6.92 Å². The van der Waals surface area contributed by atoms with E-state index in [0.29, 0.717) is 6.42 Å². The zero-order valence-electron chi connectivity index (χ0n) is 37.3. The number of carbonyl (C=O) groups is 9. The second-order valence-corrected chi connectivity index (χ2v) is 17.3. The smallest absolute Gasteiger partial charge is 0.408 e. The summed E-state index contributed by atoms with van der Waals surface area (Å²) in [6, 6.07) is 2.79. The molecule has 1 unspecified atom stereocenters. The summed E-state index contributed by atoms with van der Waals surface area (Å²) < 4.78 is 15.6. The van der Waals surface area contributed by atoms with E-state index in [-0.39, 0.29) is 50.7 Å². The van der Waals surface area contributed by atoms with Crippen LogP contribution in [-0.4, -0.2) is 115 Å². The van der Waals surface area contributed by atoms with Gasteiger partial charge in [-0.3, -0.25) is 38.4 Å². The fourth-order valence-electron chi connectivity index (χ4n) is 6.77. The molecule has 7 N–H and O–H groups in total. The fourth-order valence-corrected chi connectivity index (χ4v) is 6.77. The summed E-state index contributed by atoms with van der Waals surface area (Å²) in [5.74, 6) is -8.40. The SMILES string of the molecule is COC(=O)CNC(=O)[C@H](C)NC(=O)[C@H](CC(C)C)NC(=O)[C@H](CC(C)C)NC(=O)[C@H](COCc1ccccc1)NC(=O)[C@@H]1CCCC1C(=O)[C@H](CC(=O)O)NC(=O)OC(C)(C)C. The van der Waals surface area contributed by atoms with Gasteiger partial charge in [-0.15, -0.1) is 0 Å². The number of alkyl carbamates (subject to hydrolysis) is 1. The van der Waals surface area contributed by atoms with Crippen LogP contribution in [0.2, 0.25) is 0 Å².